The summed E-state index contributed by atoms with van der Waals surface area (Å²) < 4.78 is 27.0. The zero-order valence-corrected chi connectivity index (χ0v) is 26.4. The number of halogens is 2. The molecule has 1 N–H and O–H groups in total. The number of anilines is 1. The standard InChI is InChI=1S/C31H37Cl2N3O4S/c1-6-23(4)34-31(38)29(18-24-10-8-7-9-11-24)35(19-25-13-15-27(32)28(33)17-25)30(37)20-36(41(5,39)40)26-14-12-21(2)22(3)16-26/h7-17,23,29H,6,18-20H2,1-5H3,(H,34,38)/t23-,29-/m1/s1. The number of carbonyl (C=O) groups is 2. The van der Waals surface area contributed by atoms with Gasteiger partial charge in [0.05, 0.1) is 22.0 Å². The number of carbonyl (C=O) groups excluding carboxylic acids is 2. The summed E-state index contributed by atoms with van der Waals surface area (Å²) in [5, 5.41) is 3.68. The molecule has 0 unspecified atom stereocenters. The van der Waals surface area contributed by atoms with Crippen LogP contribution in [-0.2, 0) is 32.6 Å². The third-order valence-corrected chi connectivity index (χ3v) is 8.95. The van der Waals surface area contributed by atoms with Gasteiger partial charge in [0.2, 0.25) is 21.8 Å². The van der Waals surface area contributed by atoms with Gasteiger partial charge in [-0.3, -0.25) is 13.9 Å². The van der Waals surface area contributed by atoms with Crippen LogP contribution in [0.4, 0.5) is 5.69 Å². The highest BCUT2D eigenvalue weighted by Gasteiger charge is 2.33. The van der Waals surface area contributed by atoms with E-state index in [4.69, 9.17) is 23.2 Å². The fourth-order valence-electron chi connectivity index (χ4n) is 4.32. The second kappa shape index (κ2) is 14.2. The molecule has 220 valence electrons. The number of nitrogens with one attached hydrogen (secondary N) is 1. The van der Waals surface area contributed by atoms with E-state index in [1.165, 1.54) is 4.90 Å². The molecule has 0 aliphatic rings. The lowest BCUT2D eigenvalue weighted by Gasteiger charge is -2.34. The summed E-state index contributed by atoms with van der Waals surface area (Å²) in [6, 6.07) is 18.6. The number of aryl methyl sites for hydroxylation is 2. The molecular formula is C31H37Cl2N3O4S. The number of nitrogens with zero attached hydrogens (tertiary/aromatic N) is 2. The largest absolute Gasteiger partial charge is 0.352 e. The molecule has 3 rings (SSSR count). The van der Waals surface area contributed by atoms with Crippen molar-refractivity contribution >= 4 is 50.7 Å². The lowest BCUT2D eigenvalue weighted by atomic mass is 10.0. The Bertz CT molecular complexity index is 1480. The van der Waals surface area contributed by atoms with Crippen LogP contribution in [0.25, 0.3) is 0 Å². The van der Waals surface area contributed by atoms with E-state index in [0.29, 0.717) is 27.7 Å². The molecule has 0 fully saturated rings. The molecule has 7 nitrogen and oxygen atoms in total. The van der Waals surface area contributed by atoms with Crippen LogP contribution in [0, 0.1) is 13.8 Å². The normalized spacial score (nSPS) is 12.9. The summed E-state index contributed by atoms with van der Waals surface area (Å²) in [6.45, 7) is 7.21. The van der Waals surface area contributed by atoms with Gasteiger partial charge in [-0.2, -0.15) is 0 Å². The Kier molecular flexibility index (Phi) is 11.2. The smallest absolute Gasteiger partial charge is 0.244 e. The van der Waals surface area contributed by atoms with E-state index in [-0.39, 0.29) is 24.9 Å². The number of rotatable bonds is 12. The Morgan fingerprint density at radius 2 is 1.59 bits per heavy atom. The monoisotopic (exact) mass is 617 g/mol. The molecule has 2 amide bonds. The predicted molar refractivity (Wildman–Crippen MR) is 167 cm³/mol. The van der Waals surface area contributed by atoms with Gasteiger partial charge < -0.3 is 10.2 Å². The van der Waals surface area contributed by atoms with Gasteiger partial charge in [-0.25, -0.2) is 8.42 Å². The van der Waals surface area contributed by atoms with Gasteiger partial charge in [-0.1, -0.05) is 72.6 Å². The van der Waals surface area contributed by atoms with Crippen LogP contribution in [-0.4, -0.2) is 50.0 Å². The Morgan fingerprint density at radius 1 is 0.902 bits per heavy atom. The first kappa shape index (κ1) is 32.4. The van der Waals surface area contributed by atoms with Crippen molar-refractivity contribution in [3.05, 3.63) is 99.0 Å². The van der Waals surface area contributed by atoms with Gasteiger partial charge in [0, 0.05) is 19.0 Å². The van der Waals surface area contributed by atoms with Crippen molar-refractivity contribution in [2.75, 3.05) is 17.1 Å². The van der Waals surface area contributed by atoms with Gasteiger partial charge in [0.15, 0.2) is 0 Å². The molecular weight excluding hydrogens is 581 g/mol. The maximum absolute atomic E-state index is 14.2. The van der Waals surface area contributed by atoms with E-state index in [0.717, 1.165) is 27.3 Å². The van der Waals surface area contributed by atoms with Crippen LogP contribution < -0.4 is 9.62 Å². The topological polar surface area (TPSA) is 86.8 Å². The minimum atomic E-state index is -3.84. The number of benzene rings is 3. The van der Waals surface area contributed by atoms with Crippen molar-refractivity contribution in [1.29, 1.82) is 0 Å². The summed E-state index contributed by atoms with van der Waals surface area (Å²) in [7, 11) is -3.84. The second-order valence-electron chi connectivity index (χ2n) is 10.3. The Hall–Kier alpha value is -3.07. The third-order valence-electron chi connectivity index (χ3n) is 7.07. The molecule has 0 saturated carbocycles. The minimum absolute atomic E-state index is 0.0195. The molecule has 0 aromatic heterocycles. The zero-order valence-electron chi connectivity index (χ0n) is 24.0. The van der Waals surface area contributed by atoms with E-state index in [1.807, 2.05) is 64.1 Å². The van der Waals surface area contributed by atoms with E-state index >= 15 is 0 Å². The van der Waals surface area contributed by atoms with E-state index in [1.54, 1.807) is 30.3 Å². The van der Waals surface area contributed by atoms with Gasteiger partial charge in [0.25, 0.3) is 0 Å². The summed E-state index contributed by atoms with van der Waals surface area (Å²) in [5.41, 5.74) is 3.78. The Labute approximate surface area is 253 Å². The molecule has 0 aliphatic heterocycles. The van der Waals surface area contributed by atoms with Crippen molar-refractivity contribution in [3.8, 4) is 0 Å². The number of amides is 2. The first-order chi connectivity index (χ1) is 19.3. The average molecular weight is 619 g/mol. The molecule has 0 spiro atoms. The fourth-order valence-corrected chi connectivity index (χ4v) is 5.49. The summed E-state index contributed by atoms with van der Waals surface area (Å²) in [4.78, 5) is 29.3. The number of sulfonamides is 1. The maximum atomic E-state index is 14.2. The van der Waals surface area contributed by atoms with Crippen molar-refractivity contribution in [1.82, 2.24) is 10.2 Å². The predicted octanol–water partition coefficient (Wildman–Crippen LogP) is 5.93. The molecule has 0 bridgehead atoms. The third kappa shape index (κ3) is 8.96. The van der Waals surface area contributed by atoms with Crippen LogP contribution >= 0.6 is 23.2 Å². The minimum Gasteiger partial charge on any atom is -0.352 e. The molecule has 41 heavy (non-hydrogen) atoms. The average Bonchev–Trinajstić information content (AvgIpc) is 2.92. The molecule has 3 aromatic carbocycles. The van der Waals surface area contributed by atoms with Gasteiger partial charge in [0.1, 0.15) is 12.6 Å². The second-order valence-corrected chi connectivity index (χ2v) is 13.1. The summed E-state index contributed by atoms with van der Waals surface area (Å²) in [6.07, 6.45) is 2.01. The molecule has 3 aromatic rings. The van der Waals surface area contributed by atoms with Crippen molar-refractivity contribution in [2.45, 2.75) is 59.2 Å². The zero-order chi connectivity index (χ0) is 30.3. The van der Waals surface area contributed by atoms with Crippen LogP contribution in [0.2, 0.25) is 10.0 Å². The molecule has 0 radical (unpaired) electrons. The van der Waals surface area contributed by atoms with E-state index in [2.05, 4.69) is 5.32 Å². The summed E-state index contributed by atoms with van der Waals surface area (Å²) >= 11 is 12.4. The Morgan fingerprint density at radius 3 is 2.17 bits per heavy atom. The maximum Gasteiger partial charge on any atom is 0.244 e. The van der Waals surface area contributed by atoms with Gasteiger partial charge in [-0.05, 0) is 73.7 Å². The lowest BCUT2D eigenvalue weighted by molar-refractivity contribution is -0.140. The number of hydrogen-bond donors (Lipinski definition) is 1. The van der Waals surface area contributed by atoms with Crippen molar-refractivity contribution in [3.63, 3.8) is 0 Å². The molecule has 0 aliphatic carbocycles. The summed E-state index contributed by atoms with van der Waals surface area (Å²) in [5.74, 6) is -0.853. The van der Waals surface area contributed by atoms with Gasteiger partial charge in [-0.15, -0.1) is 0 Å². The highest BCUT2D eigenvalue weighted by molar-refractivity contribution is 7.92. The first-order valence-corrected chi connectivity index (χ1v) is 16.0. The highest BCUT2D eigenvalue weighted by atomic mass is 35.5. The lowest BCUT2D eigenvalue weighted by Crippen LogP contribution is -2.54. The van der Waals surface area contributed by atoms with Crippen LogP contribution in [0.5, 0.6) is 0 Å². The molecule has 0 saturated heterocycles. The molecule has 0 heterocycles. The number of hydrogen-bond acceptors (Lipinski definition) is 4. The van der Waals surface area contributed by atoms with Gasteiger partial charge >= 0.3 is 0 Å². The Balaban J connectivity index is 2.09. The molecule has 2 atom stereocenters. The first-order valence-electron chi connectivity index (χ1n) is 13.4. The fraction of sp³-hybridized carbons (Fsp3) is 0.355. The quantitative estimate of drug-likeness (QED) is 0.273. The van der Waals surface area contributed by atoms with Crippen LogP contribution in [0.1, 0.15) is 42.5 Å². The van der Waals surface area contributed by atoms with Crippen molar-refractivity contribution < 1.29 is 18.0 Å². The molecule has 10 heteroatoms. The highest BCUT2D eigenvalue weighted by Crippen LogP contribution is 2.26. The van der Waals surface area contributed by atoms with E-state index < -0.39 is 28.5 Å². The van der Waals surface area contributed by atoms with Crippen LogP contribution in [0.3, 0.4) is 0 Å². The van der Waals surface area contributed by atoms with E-state index in [9.17, 15) is 18.0 Å². The SMILES string of the molecule is CC[C@@H](C)NC(=O)[C@@H](Cc1ccccc1)N(Cc1ccc(Cl)c(Cl)c1)C(=O)CN(c1ccc(C)c(C)c1)S(C)(=O)=O. The van der Waals surface area contributed by atoms with Crippen molar-refractivity contribution in [2.24, 2.45) is 0 Å². The van der Waals surface area contributed by atoms with Crippen LogP contribution in [0.15, 0.2) is 66.7 Å².